The van der Waals surface area contributed by atoms with Crippen LogP contribution < -0.4 is 10.0 Å². The highest BCUT2D eigenvalue weighted by molar-refractivity contribution is 5.73. The van der Waals surface area contributed by atoms with Crippen LogP contribution >= 0.6 is 0 Å². The Balaban J connectivity index is 1.80. The lowest BCUT2D eigenvalue weighted by Gasteiger charge is -2.06. The average Bonchev–Trinajstić information content (AvgIpc) is 2.62. The summed E-state index contributed by atoms with van der Waals surface area (Å²) in [5.41, 5.74) is 2.40. The second-order valence-corrected chi connectivity index (χ2v) is 5.20. The zero-order valence-electron chi connectivity index (χ0n) is 13.1. The minimum atomic E-state index is -0.475. The van der Waals surface area contributed by atoms with Gasteiger partial charge in [0.05, 0.1) is 4.92 Å². The Kier molecular flexibility index (Phi) is 4.66. The van der Waals surface area contributed by atoms with E-state index in [2.05, 4.69) is 10.3 Å². The fourth-order valence-electron chi connectivity index (χ4n) is 2.23. The number of rotatable bonds is 5. The van der Waals surface area contributed by atoms with E-state index < -0.39 is 4.92 Å². The number of nitrogens with one attached hydrogen (secondary N) is 1. The molecule has 0 bridgehead atoms. The minimum absolute atomic E-state index is 0.0846. The molecule has 0 unspecified atom stereocenters. The fraction of sp³-hybridized carbons (Fsp3) is 0. The van der Waals surface area contributed by atoms with Crippen LogP contribution in [0.15, 0.2) is 67.1 Å². The standard InChI is InChI=1S/C18H14N4O3/c23-21-11-8-14(9-12-21)6-7-15-3-1-4-16(13-15)20-18-17(22(24)25)5-2-10-19-18/h1-13H,(H,19,20)/b7-6+. The zero-order valence-corrected chi connectivity index (χ0v) is 13.1. The van der Waals surface area contributed by atoms with Gasteiger partial charge in [0.1, 0.15) is 0 Å². The van der Waals surface area contributed by atoms with Gasteiger partial charge in [0.2, 0.25) is 5.82 Å². The van der Waals surface area contributed by atoms with Crippen molar-refractivity contribution in [2.75, 3.05) is 5.32 Å². The van der Waals surface area contributed by atoms with Crippen molar-refractivity contribution < 1.29 is 9.65 Å². The number of hydrogen-bond acceptors (Lipinski definition) is 5. The largest absolute Gasteiger partial charge is 0.619 e. The molecular formula is C18H14N4O3. The maximum atomic E-state index is 11.1. The van der Waals surface area contributed by atoms with Gasteiger partial charge in [-0.25, -0.2) is 4.98 Å². The molecule has 0 aliphatic carbocycles. The number of hydrogen-bond donors (Lipinski definition) is 1. The third-order valence-electron chi connectivity index (χ3n) is 3.43. The van der Waals surface area contributed by atoms with Crippen molar-refractivity contribution in [1.82, 2.24) is 4.98 Å². The molecule has 124 valence electrons. The van der Waals surface area contributed by atoms with Gasteiger partial charge in [-0.15, -0.1) is 0 Å². The molecular weight excluding hydrogens is 320 g/mol. The lowest BCUT2D eigenvalue weighted by molar-refractivity contribution is -0.605. The minimum Gasteiger partial charge on any atom is -0.619 e. The number of aromatic nitrogens is 2. The van der Waals surface area contributed by atoms with Crippen molar-refractivity contribution >= 4 is 29.3 Å². The number of benzene rings is 1. The van der Waals surface area contributed by atoms with Crippen LogP contribution in [0.1, 0.15) is 11.1 Å². The van der Waals surface area contributed by atoms with Gasteiger partial charge in [0.25, 0.3) is 0 Å². The highest BCUT2D eigenvalue weighted by Crippen LogP contribution is 2.25. The van der Waals surface area contributed by atoms with Gasteiger partial charge in [-0.1, -0.05) is 24.3 Å². The van der Waals surface area contributed by atoms with Crippen LogP contribution in [0.2, 0.25) is 0 Å². The first-order chi connectivity index (χ1) is 12.1. The van der Waals surface area contributed by atoms with Crippen LogP contribution in [0.5, 0.6) is 0 Å². The van der Waals surface area contributed by atoms with Crippen molar-refractivity contribution in [1.29, 1.82) is 0 Å². The van der Waals surface area contributed by atoms with E-state index in [9.17, 15) is 15.3 Å². The summed E-state index contributed by atoms with van der Waals surface area (Å²) in [6, 6.07) is 13.7. The highest BCUT2D eigenvalue weighted by atomic mass is 16.6. The first-order valence-corrected chi connectivity index (χ1v) is 7.45. The molecule has 0 aliphatic heterocycles. The second kappa shape index (κ2) is 7.22. The number of nitrogens with zero attached hydrogens (tertiary/aromatic N) is 3. The SMILES string of the molecule is O=[N+]([O-])c1cccnc1Nc1cccc(/C=C/c2cc[n+]([O-])cc2)c1. The Morgan fingerprint density at radius 1 is 1.04 bits per heavy atom. The van der Waals surface area contributed by atoms with E-state index in [1.165, 1.54) is 30.7 Å². The lowest BCUT2D eigenvalue weighted by Crippen LogP contribution is -2.23. The molecule has 25 heavy (non-hydrogen) atoms. The maximum Gasteiger partial charge on any atom is 0.311 e. The number of nitro groups is 1. The van der Waals surface area contributed by atoms with E-state index in [1.54, 1.807) is 18.2 Å². The Hall–Kier alpha value is -3.74. The van der Waals surface area contributed by atoms with Gasteiger partial charge in [-0.3, -0.25) is 10.1 Å². The van der Waals surface area contributed by atoms with E-state index in [-0.39, 0.29) is 11.5 Å². The van der Waals surface area contributed by atoms with E-state index in [1.807, 2.05) is 30.4 Å². The summed E-state index contributed by atoms with van der Waals surface area (Å²) in [7, 11) is 0. The molecule has 3 rings (SSSR count). The molecule has 0 aliphatic rings. The molecule has 3 aromatic rings. The van der Waals surface area contributed by atoms with E-state index in [0.717, 1.165) is 15.9 Å². The molecule has 2 aromatic heterocycles. The lowest BCUT2D eigenvalue weighted by atomic mass is 10.1. The molecule has 0 saturated heterocycles. The molecule has 7 heteroatoms. The Morgan fingerprint density at radius 2 is 1.80 bits per heavy atom. The zero-order chi connectivity index (χ0) is 17.6. The molecule has 0 spiro atoms. The van der Waals surface area contributed by atoms with Crippen LogP contribution in [-0.4, -0.2) is 9.91 Å². The summed E-state index contributed by atoms with van der Waals surface area (Å²) in [6.07, 6.45) is 8.12. The molecule has 0 atom stereocenters. The van der Waals surface area contributed by atoms with Gasteiger partial charge >= 0.3 is 5.69 Å². The normalized spacial score (nSPS) is 10.7. The summed E-state index contributed by atoms with van der Waals surface area (Å²) in [4.78, 5) is 14.6. The van der Waals surface area contributed by atoms with Crippen molar-refractivity contribution in [3.63, 3.8) is 0 Å². The maximum absolute atomic E-state index is 11.1. The molecule has 2 heterocycles. The van der Waals surface area contributed by atoms with Gasteiger partial charge < -0.3 is 10.5 Å². The molecule has 0 radical (unpaired) electrons. The van der Waals surface area contributed by atoms with Crippen molar-refractivity contribution in [3.8, 4) is 0 Å². The Labute approximate surface area is 143 Å². The Morgan fingerprint density at radius 3 is 2.56 bits per heavy atom. The van der Waals surface area contributed by atoms with Crippen LogP contribution in [0.4, 0.5) is 17.2 Å². The molecule has 0 amide bonds. The summed E-state index contributed by atoms with van der Waals surface area (Å²) in [5.74, 6) is 0.191. The summed E-state index contributed by atoms with van der Waals surface area (Å²) in [6.45, 7) is 0. The molecule has 1 aromatic carbocycles. The van der Waals surface area contributed by atoms with Crippen LogP contribution in [-0.2, 0) is 0 Å². The van der Waals surface area contributed by atoms with Crippen molar-refractivity contribution in [2.24, 2.45) is 0 Å². The number of pyridine rings is 2. The van der Waals surface area contributed by atoms with Crippen LogP contribution in [0.3, 0.4) is 0 Å². The smallest absolute Gasteiger partial charge is 0.311 e. The molecule has 0 fully saturated rings. The summed E-state index contributed by atoms with van der Waals surface area (Å²) >= 11 is 0. The average molecular weight is 334 g/mol. The predicted molar refractivity (Wildman–Crippen MR) is 94.9 cm³/mol. The van der Waals surface area contributed by atoms with Crippen LogP contribution in [0.25, 0.3) is 12.2 Å². The van der Waals surface area contributed by atoms with Gasteiger partial charge in [-0.05, 0) is 29.3 Å². The summed E-state index contributed by atoms with van der Waals surface area (Å²) < 4.78 is 0.724. The summed E-state index contributed by atoms with van der Waals surface area (Å²) in [5, 5.41) is 25.0. The third kappa shape index (κ3) is 4.17. The van der Waals surface area contributed by atoms with E-state index in [0.29, 0.717) is 5.69 Å². The first kappa shape index (κ1) is 16.1. The highest BCUT2D eigenvalue weighted by Gasteiger charge is 2.13. The molecule has 7 nitrogen and oxygen atoms in total. The van der Waals surface area contributed by atoms with E-state index in [4.69, 9.17) is 0 Å². The van der Waals surface area contributed by atoms with Gasteiger partial charge in [0.15, 0.2) is 12.4 Å². The van der Waals surface area contributed by atoms with Gasteiger partial charge in [-0.2, -0.15) is 4.73 Å². The fourth-order valence-corrected chi connectivity index (χ4v) is 2.23. The molecule has 0 saturated carbocycles. The predicted octanol–water partition coefficient (Wildman–Crippen LogP) is 3.54. The van der Waals surface area contributed by atoms with Gasteiger partial charge in [0, 0.05) is 30.1 Å². The van der Waals surface area contributed by atoms with Crippen LogP contribution in [0, 0.1) is 15.3 Å². The van der Waals surface area contributed by atoms with E-state index >= 15 is 0 Å². The monoisotopic (exact) mass is 334 g/mol. The topological polar surface area (TPSA) is 95.0 Å². The Bertz CT molecular complexity index is 924. The quantitative estimate of drug-likeness (QED) is 0.333. The third-order valence-corrected chi connectivity index (χ3v) is 3.43. The second-order valence-electron chi connectivity index (χ2n) is 5.20. The molecule has 1 N–H and O–H groups in total. The first-order valence-electron chi connectivity index (χ1n) is 7.45. The number of anilines is 2. The van der Waals surface area contributed by atoms with Crippen molar-refractivity contribution in [3.05, 3.63) is 93.6 Å². The van der Waals surface area contributed by atoms with Crippen molar-refractivity contribution in [2.45, 2.75) is 0 Å².